The minimum atomic E-state index is -0.414. The maximum atomic E-state index is 14.9. The summed E-state index contributed by atoms with van der Waals surface area (Å²) in [4.78, 5) is 7.68. The molecular weight excluding hydrogens is 407 g/mol. The van der Waals surface area contributed by atoms with Crippen LogP contribution in [0.2, 0.25) is 0 Å². The summed E-state index contributed by atoms with van der Waals surface area (Å²) in [5, 5.41) is 10.0. The van der Waals surface area contributed by atoms with Gasteiger partial charge in [-0.2, -0.15) is 0 Å². The van der Waals surface area contributed by atoms with E-state index in [0.29, 0.717) is 29.2 Å². The monoisotopic (exact) mass is 430 g/mol. The fourth-order valence-electron chi connectivity index (χ4n) is 4.95. The van der Waals surface area contributed by atoms with Crippen molar-refractivity contribution in [3.05, 3.63) is 72.5 Å². The Labute approximate surface area is 184 Å². The molecule has 0 radical (unpaired) electrons. The molecule has 3 heterocycles. The first-order chi connectivity index (χ1) is 15.7. The summed E-state index contributed by atoms with van der Waals surface area (Å²) >= 11 is 0. The van der Waals surface area contributed by atoms with Crippen LogP contribution >= 0.6 is 0 Å². The standard InChI is InChI=1S/C26H23FN2O3/c27-19-12-20-21(13-24(28-20)32-23-11-10-18-22(30)14-31-26(18)23)29-25(19)17-8-6-16(7-9-17)15-4-2-1-3-5-15/h1-9,12-13,18,22-23,26,28,30H,10-11,14H2/t18?,22-,23-,26+/m1/s1. The number of hydrogen-bond donors (Lipinski definition) is 2. The van der Waals surface area contributed by atoms with E-state index < -0.39 is 6.10 Å². The first kappa shape index (κ1) is 19.5. The van der Waals surface area contributed by atoms with Crippen LogP contribution in [0, 0.1) is 11.7 Å². The van der Waals surface area contributed by atoms with E-state index in [1.807, 2.05) is 54.6 Å². The number of aliphatic hydroxyl groups is 1. The van der Waals surface area contributed by atoms with Gasteiger partial charge in [-0.1, -0.05) is 54.6 Å². The summed E-state index contributed by atoms with van der Waals surface area (Å²) in [5.41, 5.74) is 4.45. The molecule has 0 bridgehead atoms. The highest BCUT2D eigenvalue weighted by atomic mass is 19.1. The number of hydrogen-bond acceptors (Lipinski definition) is 4. The van der Waals surface area contributed by atoms with Crippen LogP contribution in [0.5, 0.6) is 5.88 Å². The molecule has 1 saturated carbocycles. The van der Waals surface area contributed by atoms with E-state index in [1.54, 1.807) is 6.07 Å². The van der Waals surface area contributed by atoms with E-state index in [2.05, 4.69) is 9.97 Å². The third kappa shape index (κ3) is 3.36. The number of nitrogens with zero attached hydrogens (tertiary/aromatic N) is 1. The molecule has 0 amide bonds. The Balaban J connectivity index is 1.26. The molecule has 2 fully saturated rings. The van der Waals surface area contributed by atoms with E-state index in [-0.39, 0.29) is 23.9 Å². The summed E-state index contributed by atoms with van der Waals surface area (Å²) in [6, 6.07) is 21.1. The van der Waals surface area contributed by atoms with Crippen molar-refractivity contribution in [1.82, 2.24) is 9.97 Å². The number of ether oxygens (including phenoxy) is 2. The zero-order chi connectivity index (χ0) is 21.7. The SMILES string of the molecule is O[C@@H]1CO[C@H]2C1CC[C@H]2Oc1cc2nc(-c3ccc(-c4ccccc4)cc3)c(F)cc2[nH]1. The number of aromatic amines is 1. The zero-order valence-corrected chi connectivity index (χ0v) is 17.4. The molecule has 1 aliphatic carbocycles. The molecule has 32 heavy (non-hydrogen) atoms. The first-order valence-electron chi connectivity index (χ1n) is 11.0. The van der Waals surface area contributed by atoms with E-state index >= 15 is 0 Å². The van der Waals surface area contributed by atoms with Gasteiger partial charge in [0.15, 0.2) is 11.7 Å². The van der Waals surface area contributed by atoms with Crippen molar-refractivity contribution in [3.63, 3.8) is 0 Å². The van der Waals surface area contributed by atoms with E-state index in [9.17, 15) is 9.50 Å². The molecule has 1 aliphatic heterocycles. The fraction of sp³-hybridized carbons (Fsp3) is 0.269. The summed E-state index contributed by atoms with van der Waals surface area (Å²) in [6.07, 6.45) is 1.07. The molecule has 2 aliphatic rings. The first-order valence-corrected chi connectivity index (χ1v) is 11.0. The normalized spacial score (nSPS) is 24.7. The fourth-order valence-corrected chi connectivity index (χ4v) is 4.95. The number of fused-ring (bicyclic) bond motifs is 2. The molecule has 2 N–H and O–H groups in total. The molecule has 2 aromatic heterocycles. The van der Waals surface area contributed by atoms with Gasteiger partial charge in [-0.25, -0.2) is 9.37 Å². The van der Waals surface area contributed by atoms with Crippen molar-refractivity contribution in [2.75, 3.05) is 6.61 Å². The van der Waals surface area contributed by atoms with Crippen molar-refractivity contribution in [2.24, 2.45) is 5.92 Å². The minimum absolute atomic E-state index is 0.0974. The molecule has 6 rings (SSSR count). The van der Waals surface area contributed by atoms with Crippen LogP contribution in [0.3, 0.4) is 0 Å². The smallest absolute Gasteiger partial charge is 0.193 e. The summed E-state index contributed by atoms with van der Waals surface area (Å²) in [6.45, 7) is 0.362. The number of benzene rings is 2. The summed E-state index contributed by atoms with van der Waals surface area (Å²) in [5.74, 6) is 0.283. The topological polar surface area (TPSA) is 67.4 Å². The Kier molecular flexibility index (Phi) is 4.70. The van der Waals surface area contributed by atoms with Gasteiger partial charge in [0, 0.05) is 23.6 Å². The lowest BCUT2D eigenvalue weighted by atomic mass is 10.0. The van der Waals surface area contributed by atoms with Crippen molar-refractivity contribution < 1.29 is 19.0 Å². The van der Waals surface area contributed by atoms with Crippen LogP contribution in [0.25, 0.3) is 33.4 Å². The predicted molar refractivity (Wildman–Crippen MR) is 120 cm³/mol. The van der Waals surface area contributed by atoms with Crippen molar-refractivity contribution in [1.29, 1.82) is 0 Å². The van der Waals surface area contributed by atoms with Crippen LogP contribution in [0.15, 0.2) is 66.7 Å². The minimum Gasteiger partial charge on any atom is -0.473 e. The van der Waals surface area contributed by atoms with Gasteiger partial charge in [-0.15, -0.1) is 0 Å². The second kappa shape index (κ2) is 7.73. The second-order valence-corrected chi connectivity index (χ2v) is 8.59. The van der Waals surface area contributed by atoms with Gasteiger partial charge >= 0.3 is 0 Å². The summed E-state index contributed by atoms with van der Waals surface area (Å²) < 4.78 is 26.7. The third-order valence-electron chi connectivity index (χ3n) is 6.60. The van der Waals surface area contributed by atoms with Gasteiger partial charge in [-0.05, 0) is 24.0 Å². The Morgan fingerprint density at radius 1 is 0.969 bits per heavy atom. The van der Waals surface area contributed by atoms with Crippen LogP contribution in [0.1, 0.15) is 12.8 Å². The van der Waals surface area contributed by atoms with Crippen molar-refractivity contribution in [3.8, 4) is 28.3 Å². The largest absolute Gasteiger partial charge is 0.473 e. The molecule has 2 aromatic carbocycles. The van der Waals surface area contributed by atoms with Crippen LogP contribution in [-0.4, -0.2) is 40.0 Å². The Bertz CT molecular complexity index is 1260. The second-order valence-electron chi connectivity index (χ2n) is 8.59. The van der Waals surface area contributed by atoms with Gasteiger partial charge in [0.25, 0.3) is 0 Å². The number of aromatic nitrogens is 2. The average Bonchev–Trinajstić information content (AvgIpc) is 3.51. The average molecular weight is 430 g/mol. The molecular formula is C26H23FN2O3. The number of rotatable bonds is 4. The maximum absolute atomic E-state index is 14.9. The molecule has 162 valence electrons. The number of pyridine rings is 1. The van der Waals surface area contributed by atoms with Gasteiger partial charge < -0.3 is 19.6 Å². The Morgan fingerprint density at radius 2 is 1.72 bits per heavy atom. The number of halogens is 1. The maximum Gasteiger partial charge on any atom is 0.193 e. The van der Waals surface area contributed by atoms with Gasteiger partial charge in [0.1, 0.15) is 11.8 Å². The van der Waals surface area contributed by atoms with Gasteiger partial charge in [0.05, 0.1) is 29.8 Å². The molecule has 6 heteroatoms. The molecule has 1 saturated heterocycles. The van der Waals surface area contributed by atoms with E-state index in [1.165, 1.54) is 6.07 Å². The molecule has 0 spiro atoms. The number of aliphatic hydroxyl groups excluding tert-OH is 1. The van der Waals surface area contributed by atoms with Crippen molar-refractivity contribution >= 4 is 11.0 Å². The lowest BCUT2D eigenvalue weighted by Gasteiger charge is -2.18. The molecule has 4 aromatic rings. The van der Waals surface area contributed by atoms with Gasteiger partial charge in [-0.3, -0.25) is 0 Å². The highest BCUT2D eigenvalue weighted by Gasteiger charge is 2.47. The molecule has 4 atom stereocenters. The Hall–Kier alpha value is -3.22. The predicted octanol–water partition coefficient (Wildman–Crippen LogP) is 4.95. The lowest BCUT2D eigenvalue weighted by Crippen LogP contribution is -2.30. The zero-order valence-electron chi connectivity index (χ0n) is 17.4. The quantitative estimate of drug-likeness (QED) is 0.481. The van der Waals surface area contributed by atoms with Crippen LogP contribution in [-0.2, 0) is 4.74 Å². The van der Waals surface area contributed by atoms with Gasteiger partial charge in [0.2, 0.25) is 0 Å². The van der Waals surface area contributed by atoms with E-state index in [0.717, 1.165) is 29.5 Å². The van der Waals surface area contributed by atoms with Crippen LogP contribution < -0.4 is 4.74 Å². The van der Waals surface area contributed by atoms with E-state index in [4.69, 9.17) is 9.47 Å². The lowest BCUT2D eigenvalue weighted by molar-refractivity contribution is 0.0154. The highest BCUT2D eigenvalue weighted by molar-refractivity contribution is 5.81. The Morgan fingerprint density at radius 3 is 2.53 bits per heavy atom. The number of nitrogens with one attached hydrogen (secondary N) is 1. The highest BCUT2D eigenvalue weighted by Crippen LogP contribution is 2.38. The summed E-state index contributed by atoms with van der Waals surface area (Å²) in [7, 11) is 0. The van der Waals surface area contributed by atoms with Crippen molar-refractivity contribution in [2.45, 2.75) is 31.2 Å². The number of H-pyrrole nitrogens is 1. The van der Waals surface area contributed by atoms with Crippen LogP contribution in [0.4, 0.5) is 4.39 Å². The molecule has 5 nitrogen and oxygen atoms in total. The third-order valence-corrected chi connectivity index (χ3v) is 6.60. The molecule has 1 unspecified atom stereocenters.